The SMILES string of the molecule is Cl.NCC1(C(=O)N2CCC(C(F)(F)F)CC2)CCCC1. The van der Waals surface area contributed by atoms with Crippen LogP contribution in [-0.2, 0) is 4.79 Å². The number of nitrogens with zero attached hydrogens (tertiary/aromatic N) is 1. The number of hydrogen-bond donors (Lipinski definition) is 1. The van der Waals surface area contributed by atoms with Gasteiger partial charge in [0.05, 0.1) is 11.3 Å². The number of rotatable bonds is 2. The van der Waals surface area contributed by atoms with Crippen molar-refractivity contribution >= 4 is 18.3 Å². The molecule has 7 heteroatoms. The number of piperidine rings is 1. The van der Waals surface area contributed by atoms with Gasteiger partial charge in [0.15, 0.2) is 0 Å². The number of amides is 1. The second-order valence-corrected chi connectivity index (χ2v) is 5.80. The summed E-state index contributed by atoms with van der Waals surface area (Å²) in [6.07, 6.45) is -0.549. The van der Waals surface area contributed by atoms with Crippen LogP contribution in [0.4, 0.5) is 13.2 Å². The molecule has 1 saturated heterocycles. The number of carbonyl (C=O) groups excluding carboxylic acids is 1. The zero-order valence-corrected chi connectivity index (χ0v) is 12.2. The van der Waals surface area contributed by atoms with E-state index in [1.165, 1.54) is 0 Å². The van der Waals surface area contributed by atoms with Gasteiger partial charge in [-0.15, -0.1) is 12.4 Å². The van der Waals surface area contributed by atoms with E-state index in [0.29, 0.717) is 6.54 Å². The van der Waals surface area contributed by atoms with E-state index in [4.69, 9.17) is 5.73 Å². The third-order valence-corrected chi connectivity index (χ3v) is 4.65. The van der Waals surface area contributed by atoms with Crippen LogP contribution < -0.4 is 5.73 Å². The molecule has 2 fully saturated rings. The normalized spacial score (nSPS) is 23.5. The minimum Gasteiger partial charge on any atom is -0.342 e. The predicted molar refractivity (Wildman–Crippen MR) is 72.6 cm³/mol. The van der Waals surface area contributed by atoms with Crippen molar-refractivity contribution in [3.63, 3.8) is 0 Å². The van der Waals surface area contributed by atoms with Gasteiger partial charge in [-0.3, -0.25) is 4.79 Å². The van der Waals surface area contributed by atoms with Crippen molar-refractivity contribution in [2.24, 2.45) is 17.1 Å². The maximum absolute atomic E-state index is 12.6. The lowest BCUT2D eigenvalue weighted by Gasteiger charge is -2.38. The lowest BCUT2D eigenvalue weighted by molar-refractivity contribution is -0.187. The molecule has 0 bridgehead atoms. The maximum Gasteiger partial charge on any atom is 0.391 e. The standard InChI is InChI=1S/C13H21F3N2O.ClH/c14-13(15,16)10-3-7-18(8-4-10)11(19)12(9-17)5-1-2-6-12;/h10H,1-9,17H2;1H. The van der Waals surface area contributed by atoms with Crippen LogP contribution in [0.15, 0.2) is 0 Å². The fourth-order valence-electron chi connectivity index (χ4n) is 3.30. The fraction of sp³-hybridized carbons (Fsp3) is 0.923. The van der Waals surface area contributed by atoms with Crippen LogP contribution in [0, 0.1) is 11.3 Å². The van der Waals surface area contributed by atoms with Gasteiger partial charge in [0.1, 0.15) is 0 Å². The Hall–Kier alpha value is -0.490. The van der Waals surface area contributed by atoms with Crippen LogP contribution in [0.1, 0.15) is 38.5 Å². The third kappa shape index (κ3) is 3.39. The highest BCUT2D eigenvalue weighted by molar-refractivity contribution is 5.85. The quantitative estimate of drug-likeness (QED) is 0.852. The Morgan fingerprint density at radius 1 is 1.20 bits per heavy atom. The van der Waals surface area contributed by atoms with E-state index in [9.17, 15) is 18.0 Å². The van der Waals surface area contributed by atoms with Gasteiger partial charge in [-0.05, 0) is 25.7 Å². The van der Waals surface area contributed by atoms with E-state index in [1.807, 2.05) is 0 Å². The van der Waals surface area contributed by atoms with Gasteiger partial charge >= 0.3 is 6.18 Å². The Labute approximate surface area is 123 Å². The average molecular weight is 315 g/mol. The average Bonchev–Trinajstić information content (AvgIpc) is 2.87. The van der Waals surface area contributed by atoms with Crippen molar-refractivity contribution in [3.05, 3.63) is 0 Å². The Bertz CT molecular complexity index is 335. The molecule has 0 aromatic carbocycles. The summed E-state index contributed by atoms with van der Waals surface area (Å²) in [7, 11) is 0. The number of nitrogens with two attached hydrogens (primary N) is 1. The zero-order valence-electron chi connectivity index (χ0n) is 11.4. The third-order valence-electron chi connectivity index (χ3n) is 4.65. The smallest absolute Gasteiger partial charge is 0.342 e. The van der Waals surface area contributed by atoms with Crippen molar-refractivity contribution in [1.82, 2.24) is 4.90 Å². The molecule has 0 unspecified atom stereocenters. The summed E-state index contributed by atoms with van der Waals surface area (Å²) in [5.41, 5.74) is 5.25. The summed E-state index contributed by atoms with van der Waals surface area (Å²) >= 11 is 0. The summed E-state index contributed by atoms with van der Waals surface area (Å²) in [4.78, 5) is 14.1. The van der Waals surface area contributed by atoms with Crippen molar-refractivity contribution in [3.8, 4) is 0 Å². The summed E-state index contributed by atoms with van der Waals surface area (Å²) in [5.74, 6) is -1.28. The topological polar surface area (TPSA) is 46.3 Å². The molecule has 0 aromatic rings. The van der Waals surface area contributed by atoms with Crippen molar-refractivity contribution in [2.45, 2.75) is 44.7 Å². The summed E-state index contributed by atoms with van der Waals surface area (Å²) in [6, 6.07) is 0. The molecule has 2 rings (SSSR count). The molecule has 0 radical (unpaired) electrons. The van der Waals surface area contributed by atoms with E-state index in [0.717, 1.165) is 25.7 Å². The molecule has 0 atom stereocenters. The molecule has 1 amide bonds. The van der Waals surface area contributed by atoms with Gasteiger partial charge in [0.25, 0.3) is 0 Å². The van der Waals surface area contributed by atoms with Crippen molar-refractivity contribution in [2.75, 3.05) is 19.6 Å². The van der Waals surface area contributed by atoms with Crippen LogP contribution in [0.5, 0.6) is 0 Å². The number of hydrogen-bond acceptors (Lipinski definition) is 2. The minimum absolute atomic E-state index is 0. The second kappa shape index (κ2) is 6.52. The molecular formula is C13H22ClF3N2O. The first-order valence-electron chi connectivity index (χ1n) is 6.95. The van der Waals surface area contributed by atoms with E-state index >= 15 is 0 Å². The van der Waals surface area contributed by atoms with Crippen LogP contribution in [0.25, 0.3) is 0 Å². The second-order valence-electron chi connectivity index (χ2n) is 5.80. The molecule has 20 heavy (non-hydrogen) atoms. The lowest BCUT2D eigenvalue weighted by atomic mass is 9.83. The van der Waals surface area contributed by atoms with Crippen LogP contribution in [-0.4, -0.2) is 36.6 Å². The highest BCUT2D eigenvalue weighted by atomic mass is 35.5. The van der Waals surface area contributed by atoms with E-state index in [2.05, 4.69) is 0 Å². The molecule has 118 valence electrons. The van der Waals surface area contributed by atoms with E-state index in [-0.39, 0.29) is 44.2 Å². The lowest BCUT2D eigenvalue weighted by Crippen LogP contribution is -2.50. The highest BCUT2D eigenvalue weighted by Crippen LogP contribution is 2.40. The first-order chi connectivity index (χ1) is 8.89. The van der Waals surface area contributed by atoms with Gasteiger partial charge in [0.2, 0.25) is 5.91 Å². The molecule has 1 saturated carbocycles. The molecule has 1 aliphatic carbocycles. The Morgan fingerprint density at radius 2 is 1.70 bits per heavy atom. The molecule has 1 aliphatic heterocycles. The van der Waals surface area contributed by atoms with Crippen molar-refractivity contribution in [1.29, 1.82) is 0 Å². The summed E-state index contributed by atoms with van der Waals surface area (Å²) < 4.78 is 37.8. The molecule has 3 nitrogen and oxygen atoms in total. The Morgan fingerprint density at radius 3 is 2.10 bits per heavy atom. The minimum atomic E-state index is -4.13. The number of carbonyl (C=O) groups is 1. The largest absolute Gasteiger partial charge is 0.391 e. The van der Waals surface area contributed by atoms with Crippen LogP contribution in [0.3, 0.4) is 0 Å². The van der Waals surface area contributed by atoms with Gasteiger partial charge in [-0.1, -0.05) is 12.8 Å². The van der Waals surface area contributed by atoms with Gasteiger partial charge in [-0.2, -0.15) is 13.2 Å². The highest BCUT2D eigenvalue weighted by Gasteiger charge is 2.46. The molecule has 0 aromatic heterocycles. The van der Waals surface area contributed by atoms with Gasteiger partial charge < -0.3 is 10.6 Å². The zero-order chi connectivity index (χ0) is 14.1. The van der Waals surface area contributed by atoms with Crippen LogP contribution >= 0.6 is 12.4 Å². The number of halogens is 4. The summed E-state index contributed by atoms with van der Waals surface area (Å²) in [5, 5.41) is 0. The predicted octanol–water partition coefficient (Wildman–Crippen LogP) is 2.73. The number of likely N-dealkylation sites (tertiary alicyclic amines) is 1. The van der Waals surface area contributed by atoms with E-state index < -0.39 is 17.5 Å². The molecule has 1 heterocycles. The summed E-state index contributed by atoms with van der Waals surface area (Å²) in [6.45, 7) is 0.737. The molecular weight excluding hydrogens is 293 g/mol. The maximum atomic E-state index is 12.6. The Balaban J connectivity index is 0.00000200. The first-order valence-corrected chi connectivity index (χ1v) is 6.95. The van der Waals surface area contributed by atoms with Crippen molar-refractivity contribution < 1.29 is 18.0 Å². The fourth-order valence-corrected chi connectivity index (χ4v) is 3.30. The Kier molecular flexibility index (Phi) is 5.72. The molecule has 2 aliphatic rings. The first kappa shape index (κ1) is 17.6. The molecule has 0 spiro atoms. The monoisotopic (exact) mass is 314 g/mol. The molecule has 2 N–H and O–H groups in total. The van der Waals surface area contributed by atoms with Gasteiger partial charge in [0, 0.05) is 19.6 Å². The van der Waals surface area contributed by atoms with Gasteiger partial charge in [-0.25, -0.2) is 0 Å². The number of alkyl halides is 3. The van der Waals surface area contributed by atoms with E-state index in [1.54, 1.807) is 4.90 Å². The van der Waals surface area contributed by atoms with Crippen LogP contribution in [0.2, 0.25) is 0 Å².